The molecule has 1 aromatic heterocycles. The molecule has 1 aromatic rings. The molecule has 1 saturated heterocycles. The molecule has 4 heteroatoms. The molecule has 0 radical (unpaired) electrons. The lowest BCUT2D eigenvalue weighted by Gasteiger charge is -2.20. The van der Waals surface area contributed by atoms with E-state index in [1.165, 1.54) is 0 Å². The van der Waals surface area contributed by atoms with Gasteiger partial charge in [0.25, 0.3) is 0 Å². The van der Waals surface area contributed by atoms with E-state index < -0.39 is 0 Å². The van der Waals surface area contributed by atoms with E-state index in [1.807, 2.05) is 12.4 Å². The lowest BCUT2D eigenvalue weighted by molar-refractivity contribution is 0.421. The molecule has 0 aliphatic carbocycles. The summed E-state index contributed by atoms with van der Waals surface area (Å²) >= 11 is 0. The van der Waals surface area contributed by atoms with E-state index in [0.29, 0.717) is 0 Å². The maximum absolute atomic E-state index is 4.55. The predicted octanol–water partition coefficient (Wildman–Crippen LogP) is 2.46. The molecule has 0 saturated carbocycles. The molecule has 2 heterocycles. The highest BCUT2D eigenvalue weighted by Gasteiger charge is 2.26. The van der Waals surface area contributed by atoms with Crippen molar-refractivity contribution in [3.63, 3.8) is 0 Å². The van der Waals surface area contributed by atoms with Gasteiger partial charge in [-0.1, -0.05) is 13.8 Å². The molecule has 2 atom stereocenters. The summed E-state index contributed by atoms with van der Waals surface area (Å²) in [6.07, 6.45) is 3.80. The summed E-state index contributed by atoms with van der Waals surface area (Å²) in [5.41, 5.74) is 1.11. The van der Waals surface area contributed by atoms with E-state index in [2.05, 4.69) is 54.8 Å². The second kappa shape index (κ2) is 5.45. The zero-order chi connectivity index (χ0) is 14.0. The minimum absolute atomic E-state index is 0.111. The number of hydrogen-bond acceptors (Lipinski definition) is 4. The maximum atomic E-state index is 4.55. The van der Waals surface area contributed by atoms with Crippen molar-refractivity contribution >= 4 is 5.82 Å². The quantitative estimate of drug-likeness (QED) is 0.908. The third-order valence-electron chi connectivity index (χ3n) is 3.80. The molecule has 1 N–H and O–H groups in total. The first-order chi connectivity index (χ1) is 8.85. The summed E-state index contributed by atoms with van der Waals surface area (Å²) in [5, 5.41) is 3.43. The van der Waals surface area contributed by atoms with Crippen molar-refractivity contribution in [2.75, 3.05) is 18.0 Å². The van der Waals surface area contributed by atoms with Gasteiger partial charge in [0.2, 0.25) is 0 Å². The molecule has 4 nitrogen and oxygen atoms in total. The normalized spacial score (nSPS) is 23.9. The SMILES string of the molecule is CC1CN(c2cnc(CNC(C)(C)C)cn2)CC1C. The van der Waals surface area contributed by atoms with Crippen molar-refractivity contribution in [2.45, 2.75) is 46.7 Å². The van der Waals surface area contributed by atoms with E-state index in [4.69, 9.17) is 0 Å². The van der Waals surface area contributed by atoms with Crippen LogP contribution in [0.3, 0.4) is 0 Å². The van der Waals surface area contributed by atoms with Crippen LogP contribution in [0, 0.1) is 11.8 Å². The maximum Gasteiger partial charge on any atom is 0.147 e. The summed E-state index contributed by atoms with van der Waals surface area (Å²) in [6, 6.07) is 0. The highest BCUT2D eigenvalue weighted by atomic mass is 15.2. The van der Waals surface area contributed by atoms with Gasteiger partial charge in [-0.3, -0.25) is 4.98 Å². The molecule has 2 rings (SSSR count). The van der Waals surface area contributed by atoms with Crippen molar-refractivity contribution in [3.05, 3.63) is 18.1 Å². The summed E-state index contributed by atoms with van der Waals surface area (Å²) < 4.78 is 0. The van der Waals surface area contributed by atoms with Crippen LogP contribution in [0.25, 0.3) is 0 Å². The highest BCUT2D eigenvalue weighted by molar-refractivity contribution is 5.37. The van der Waals surface area contributed by atoms with Gasteiger partial charge in [0.05, 0.1) is 18.1 Å². The lowest BCUT2D eigenvalue weighted by atomic mass is 10.0. The van der Waals surface area contributed by atoms with Crippen LogP contribution < -0.4 is 10.2 Å². The van der Waals surface area contributed by atoms with Crippen LogP contribution in [0.4, 0.5) is 5.82 Å². The summed E-state index contributed by atoms with van der Waals surface area (Å²) in [7, 11) is 0. The van der Waals surface area contributed by atoms with E-state index in [9.17, 15) is 0 Å². The monoisotopic (exact) mass is 262 g/mol. The van der Waals surface area contributed by atoms with Crippen LogP contribution in [0.5, 0.6) is 0 Å². The Balaban J connectivity index is 1.95. The number of hydrogen-bond donors (Lipinski definition) is 1. The van der Waals surface area contributed by atoms with Gasteiger partial charge >= 0.3 is 0 Å². The lowest BCUT2D eigenvalue weighted by Crippen LogP contribution is -2.35. The molecule has 0 aromatic carbocycles. The van der Waals surface area contributed by atoms with Crippen LogP contribution in [0.2, 0.25) is 0 Å². The minimum atomic E-state index is 0.111. The molecule has 1 fully saturated rings. The van der Waals surface area contributed by atoms with E-state index in [0.717, 1.165) is 43.0 Å². The van der Waals surface area contributed by atoms with Gasteiger partial charge in [0.15, 0.2) is 0 Å². The first-order valence-corrected chi connectivity index (χ1v) is 7.16. The molecule has 19 heavy (non-hydrogen) atoms. The fourth-order valence-electron chi connectivity index (χ4n) is 2.28. The molecule has 0 amide bonds. The third-order valence-corrected chi connectivity index (χ3v) is 3.80. The molecule has 106 valence electrons. The van der Waals surface area contributed by atoms with Gasteiger partial charge in [-0.15, -0.1) is 0 Å². The standard InChI is InChI=1S/C15H26N4/c1-11-9-19(10-12(11)2)14-8-16-13(6-17-14)7-18-15(3,4)5/h6,8,11-12,18H,7,9-10H2,1-5H3. The minimum Gasteiger partial charge on any atom is -0.355 e. The predicted molar refractivity (Wildman–Crippen MR) is 79.2 cm³/mol. The number of nitrogens with zero attached hydrogens (tertiary/aromatic N) is 3. The van der Waals surface area contributed by atoms with Gasteiger partial charge < -0.3 is 10.2 Å². The molecule has 1 aliphatic rings. The Kier molecular flexibility index (Phi) is 4.09. The average molecular weight is 262 g/mol. The van der Waals surface area contributed by atoms with E-state index >= 15 is 0 Å². The molecule has 0 spiro atoms. The zero-order valence-corrected chi connectivity index (χ0v) is 12.8. The second-order valence-electron chi connectivity index (χ2n) is 6.83. The zero-order valence-electron chi connectivity index (χ0n) is 12.8. The molecule has 2 unspecified atom stereocenters. The Labute approximate surface area is 116 Å². The van der Waals surface area contributed by atoms with Gasteiger partial charge in [0.1, 0.15) is 5.82 Å². The Morgan fingerprint density at radius 2 is 1.79 bits per heavy atom. The molecular formula is C15H26N4. The fraction of sp³-hybridized carbons (Fsp3) is 0.733. The number of aromatic nitrogens is 2. The Morgan fingerprint density at radius 3 is 2.26 bits per heavy atom. The van der Waals surface area contributed by atoms with Crippen LogP contribution >= 0.6 is 0 Å². The first kappa shape index (κ1) is 14.3. The summed E-state index contributed by atoms with van der Waals surface area (Å²) in [4.78, 5) is 11.4. The van der Waals surface area contributed by atoms with Crippen LogP contribution in [0.1, 0.15) is 40.3 Å². The summed E-state index contributed by atoms with van der Waals surface area (Å²) in [5.74, 6) is 2.49. The first-order valence-electron chi connectivity index (χ1n) is 7.16. The highest BCUT2D eigenvalue weighted by Crippen LogP contribution is 2.25. The van der Waals surface area contributed by atoms with Crippen LogP contribution in [-0.2, 0) is 6.54 Å². The smallest absolute Gasteiger partial charge is 0.147 e. The number of anilines is 1. The fourth-order valence-corrected chi connectivity index (χ4v) is 2.28. The summed E-state index contributed by atoms with van der Waals surface area (Å²) in [6.45, 7) is 14.0. The van der Waals surface area contributed by atoms with E-state index in [1.54, 1.807) is 0 Å². The van der Waals surface area contributed by atoms with Gasteiger partial charge in [0, 0.05) is 25.2 Å². The second-order valence-corrected chi connectivity index (χ2v) is 6.83. The van der Waals surface area contributed by atoms with Crippen molar-refractivity contribution in [3.8, 4) is 0 Å². The van der Waals surface area contributed by atoms with Gasteiger partial charge in [-0.2, -0.15) is 0 Å². The van der Waals surface area contributed by atoms with Crippen molar-refractivity contribution < 1.29 is 0 Å². The molecular weight excluding hydrogens is 236 g/mol. The number of nitrogens with one attached hydrogen (secondary N) is 1. The largest absolute Gasteiger partial charge is 0.355 e. The Hall–Kier alpha value is -1.16. The van der Waals surface area contributed by atoms with Crippen LogP contribution in [0.15, 0.2) is 12.4 Å². The van der Waals surface area contributed by atoms with Crippen LogP contribution in [-0.4, -0.2) is 28.6 Å². The Morgan fingerprint density at radius 1 is 1.16 bits per heavy atom. The van der Waals surface area contributed by atoms with Crippen molar-refractivity contribution in [2.24, 2.45) is 11.8 Å². The number of rotatable bonds is 3. The molecule has 0 bridgehead atoms. The van der Waals surface area contributed by atoms with Crippen molar-refractivity contribution in [1.29, 1.82) is 0 Å². The topological polar surface area (TPSA) is 41.1 Å². The average Bonchev–Trinajstić information content (AvgIpc) is 2.67. The van der Waals surface area contributed by atoms with Crippen molar-refractivity contribution in [1.82, 2.24) is 15.3 Å². The third kappa shape index (κ3) is 3.90. The Bertz CT molecular complexity index is 397. The van der Waals surface area contributed by atoms with Gasteiger partial charge in [-0.25, -0.2) is 4.98 Å². The van der Waals surface area contributed by atoms with Gasteiger partial charge in [-0.05, 0) is 32.6 Å². The van der Waals surface area contributed by atoms with E-state index in [-0.39, 0.29) is 5.54 Å². The molecule has 1 aliphatic heterocycles.